The summed E-state index contributed by atoms with van der Waals surface area (Å²) in [6, 6.07) is 0. The molecule has 5 nitrogen and oxygen atoms in total. The number of aromatic nitrogens is 1. The van der Waals surface area contributed by atoms with Crippen LogP contribution < -0.4 is 10.6 Å². The van der Waals surface area contributed by atoms with Crippen LogP contribution in [-0.2, 0) is 11.3 Å². The minimum atomic E-state index is 0.328. The average Bonchev–Trinajstić information content (AvgIpc) is 3.04. The van der Waals surface area contributed by atoms with E-state index < -0.39 is 0 Å². The van der Waals surface area contributed by atoms with Gasteiger partial charge in [0.05, 0.1) is 17.7 Å². The van der Waals surface area contributed by atoms with Gasteiger partial charge in [0.2, 0.25) is 0 Å². The molecule has 6 heteroatoms. The number of aliphatic imine (C=N–C) groups is 1. The highest BCUT2D eigenvalue weighted by molar-refractivity contribution is 7.11. The number of ether oxygens (including phenoxy) is 1. The first kappa shape index (κ1) is 14.3. The molecular weight excluding hydrogens is 260 g/mol. The standard InChI is InChI=1S/C13H22N4OS/c1-3-14-13(16-7-11-5-4-6-18-11)17-9-12-8-15-10(2)19-12/h8,11H,3-7,9H2,1-2H3,(H2,14,16,17). The van der Waals surface area contributed by atoms with Gasteiger partial charge < -0.3 is 15.4 Å². The van der Waals surface area contributed by atoms with Crippen molar-refractivity contribution in [3.8, 4) is 0 Å². The number of nitrogens with zero attached hydrogens (tertiary/aromatic N) is 2. The van der Waals surface area contributed by atoms with Crippen LogP contribution in [-0.4, -0.2) is 36.7 Å². The Morgan fingerprint density at radius 3 is 3.11 bits per heavy atom. The zero-order valence-electron chi connectivity index (χ0n) is 11.6. The summed E-state index contributed by atoms with van der Waals surface area (Å²) in [7, 11) is 0. The molecular formula is C13H22N4OS. The number of aryl methyl sites for hydroxylation is 1. The molecule has 0 bridgehead atoms. The van der Waals surface area contributed by atoms with Crippen molar-refractivity contribution in [3.05, 3.63) is 16.1 Å². The Labute approximate surface area is 118 Å². The summed E-state index contributed by atoms with van der Waals surface area (Å²) in [4.78, 5) is 9.99. The largest absolute Gasteiger partial charge is 0.376 e. The first-order chi connectivity index (χ1) is 9.28. The van der Waals surface area contributed by atoms with Crippen LogP contribution in [0.1, 0.15) is 29.7 Å². The van der Waals surface area contributed by atoms with E-state index >= 15 is 0 Å². The summed E-state index contributed by atoms with van der Waals surface area (Å²) in [6.45, 7) is 7.33. The van der Waals surface area contributed by atoms with Crippen molar-refractivity contribution in [2.75, 3.05) is 19.7 Å². The van der Waals surface area contributed by atoms with Gasteiger partial charge in [-0.3, -0.25) is 0 Å². The Bertz CT molecular complexity index is 413. The topological polar surface area (TPSA) is 58.5 Å². The summed E-state index contributed by atoms with van der Waals surface area (Å²) in [5.74, 6) is 0.851. The Morgan fingerprint density at radius 2 is 2.47 bits per heavy atom. The third-order valence-corrected chi connectivity index (χ3v) is 3.83. The van der Waals surface area contributed by atoms with Crippen LogP contribution >= 0.6 is 11.3 Å². The van der Waals surface area contributed by atoms with E-state index in [2.05, 4.69) is 27.5 Å². The van der Waals surface area contributed by atoms with Crippen LogP contribution in [0.3, 0.4) is 0 Å². The molecule has 2 N–H and O–H groups in total. The van der Waals surface area contributed by atoms with E-state index in [-0.39, 0.29) is 0 Å². The SMILES string of the molecule is CCNC(=NCc1cnc(C)s1)NCC1CCCO1. The number of guanidine groups is 1. The lowest BCUT2D eigenvalue weighted by Crippen LogP contribution is -2.41. The van der Waals surface area contributed by atoms with Crippen LogP contribution in [0, 0.1) is 6.92 Å². The third-order valence-electron chi connectivity index (χ3n) is 2.93. The van der Waals surface area contributed by atoms with Crippen molar-refractivity contribution in [2.45, 2.75) is 39.3 Å². The van der Waals surface area contributed by atoms with Gasteiger partial charge in [0.15, 0.2) is 5.96 Å². The molecule has 0 spiro atoms. The Morgan fingerprint density at radius 1 is 1.58 bits per heavy atom. The Balaban J connectivity index is 1.83. The highest BCUT2D eigenvalue weighted by atomic mass is 32.1. The van der Waals surface area contributed by atoms with Crippen LogP contribution in [0.15, 0.2) is 11.2 Å². The maximum Gasteiger partial charge on any atom is 0.191 e. The van der Waals surface area contributed by atoms with Crippen molar-refractivity contribution in [1.29, 1.82) is 0 Å². The van der Waals surface area contributed by atoms with Gasteiger partial charge >= 0.3 is 0 Å². The molecule has 1 atom stereocenters. The summed E-state index contributed by atoms with van der Waals surface area (Å²) in [6.07, 6.45) is 4.53. The van der Waals surface area contributed by atoms with Crippen molar-refractivity contribution in [1.82, 2.24) is 15.6 Å². The summed E-state index contributed by atoms with van der Waals surface area (Å²) in [5, 5.41) is 7.67. The fourth-order valence-electron chi connectivity index (χ4n) is 1.99. The lowest BCUT2D eigenvalue weighted by molar-refractivity contribution is 0.114. The van der Waals surface area contributed by atoms with E-state index in [0.29, 0.717) is 12.6 Å². The Kier molecular flexibility index (Phi) is 5.60. The fraction of sp³-hybridized carbons (Fsp3) is 0.692. The first-order valence-electron chi connectivity index (χ1n) is 6.83. The van der Waals surface area contributed by atoms with Gasteiger partial charge in [0.1, 0.15) is 0 Å². The molecule has 1 aromatic rings. The predicted octanol–water partition coefficient (Wildman–Crippen LogP) is 1.69. The van der Waals surface area contributed by atoms with Crippen LogP contribution in [0.2, 0.25) is 0 Å². The minimum absolute atomic E-state index is 0.328. The molecule has 1 aromatic heterocycles. The summed E-state index contributed by atoms with van der Waals surface area (Å²) in [5.41, 5.74) is 0. The number of hydrogen-bond donors (Lipinski definition) is 2. The van der Waals surface area contributed by atoms with Gasteiger partial charge in [-0.1, -0.05) is 0 Å². The molecule has 1 fully saturated rings. The third kappa shape index (κ3) is 4.80. The van der Waals surface area contributed by atoms with Gasteiger partial charge in [0.25, 0.3) is 0 Å². The zero-order chi connectivity index (χ0) is 13.5. The summed E-state index contributed by atoms with van der Waals surface area (Å²) >= 11 is 1.69. The van der Waals surface area contributed by atoms with Crippen molar-refractivity contribution < 1.29 is 4.74 Å². The molecule has 2 rings (SSSR count). The van der Waals surface area contributed by atoms with E-state index in [0.717, 1.165) is 37.1 Å². The number of nitrogens with one attached hydrogen (secondary N) is 2. The molecule has 0 aromatic carbocycles. The van der Waals surface area contributed by atoms with Gasteiger partial charge in [-0.25, -0.2) is 9.98 Å². The summed E-state index contributed by atoms with van der Waals surface area (Å²) < 4.78 is 5.59. The number of hydrogen-bond acceptors (Lipinski definition) is 4. The van der Waals surface area contributed by atoms with Gasteiger partial charge in [0, 0.05) is 30.8 Å². The smallest absolute Gasteiger partial charge is 0.191 e. The van der Waals surface area contributed by atoms with E-state index in [9.17, 15) is 0 Å². The van der Waals surface area contributed by atoms with Crippen molar-refractivity contribution in [3.63, 3.8) is 0 Å². The highest BCUT2D eigenvalue weighted by Crippen LogP contribution is 2.12. The molecule has 1 unspecified atom stereocenters. The quantitative estimate of drug-likeness (QED) is 0.637. The lowest BCUT2D eigenvalue weighted by Gasteiger charge is -2.14. The maximum absolute atomic E-state index is 5.59. The molecule has 2 heterocycles. The molecule has 0 amide bonds. The second-order valence-corrected chi connectivity index (χ2v) is 5.88. The molecule has 1 aliphatic rings. The zero-order valence-corrected chi connectivity index (χ0v) is 12.4. The van der Waals surface area contributed by atoms with E-state index in [1.807, 2.05) is 13.1 Å². The van der Waals surface area contributed by atoms with Crippen LogP contribution in [0.25, 0.3) is 0 Å². The number of rotatable bonds is 5. The maximum atomic E-state index is 5.59. The molecule has 0 aliphatic carbocycles. The van der Waals surface area contributed by atoms with Crippen molar-refractivity contribution >= 4 is 17.3 Å². The van der Waals surface area contributed by atoms with Crippen LogP contribution in [0.5, 0.6) is 0 Å². The number of thiazole rings is 1. The second-order valence-electron chi connectivity index (χ2n) is 4.56. The van der Waals surface area contributed by atoms with Crippen molar-refractivity contribution in [2.24, 2.45) is 4.99 Å². The minimum Gasteiger partial charge on any atom is -0.376 e. The van der Waals surface area contributed by atoms with E-state index in [4.69, 9.17) is 4.74 Å². The average molecular weight is 282 g/mol. The fourth-order valence-corrected chi connectivity index (χ4v) is 2.71. The van der Waals surface area contributed by atoms with Gasteiger partial charge in [-0.2, -0.15) is 0 Å². The lowest BCUT2D eigenvalue weighted by atomic mass is 10.2. The predicted molar refractivity (Wildman–Crippen MR) is 78.6 cm³/mol. The molecule has 0 saturated carbocycles. The van der Waals surface area contributed by atoms with Gasteiger partial charge in [-0.05, 0) is 26.7 Å². The Hall–Kier alpha value is -1.14. The molecule has 1 aliphatic heterocycles. The molecule has 1 saturated heterocycles. The molecule has 0 radical (unpaired) electrons. The normalized spacial score (nSPS) is 19.7. The molecule has 19 heavy (non-hydrogen) atoms. The monoisotopic (exact) mass is 282 g/mol. The first-order valence-corrected chi connectivity index (χ1v) is 7.64. The highest BCUT2D eigenvalue weighted by Gasteiger charge is 2.15. The van der Waals surface area contributed by atoms with E-state index in [1.165, 1.54) is 11.3 Å². The molecule has 106 valence electrons. The second kappa shape index (κ2) is 7.45. The van der Waals surface area contributed by atoms with E-state index in [1.54, 1.807) is 11.3 Å². The van der Waals surface area contributed by atoms with Gasteiger partial charge in [-0.15, -0.1) is 11.3 Å². The van der Waals surface area contributed by atoms with Crippen LogP contribution in [0.4, 0.5) is 0 Å².